The van der Waals surface area contributed by atoms with Crippen LogP contribution in [0.2, 0.25) is 0 Å². The molecule has 0 radical (unpaired) electrons. The van der Waals surface area contributed by atoms with Gasteiger partial charge in [-0.15, -0.1) is 0 Å². The van der Waals surface area contributed by atoms with Crippen LogP contribution in [-0.2, 0) is 16.0 Å². The molecule has 2 saturated heterocycles. The number of carbonyl (C=O) groups is 2. The number of nitrogens with one attached hydrogen (secondary N) is 1. The highest BCUT2D eigenvalue weighted by Crippen LogP contribution is 2.35. The lowest BCUT2D eigenvalue weighted by Crippen LogP contribution is -2.63. The van der Waals surface area contributed by atoms with Crippen LogP contribution >= 0.6 is 0 Å². The highest BCUT2D eigenvalue weighted by atomic mass is 16.2. The molecule has 0 aromatic heterocycles. The second-order valence-electron chi connectivity index (χ2n) is 7.23. The number of benzene rings is 1. The molecule has 1 N–H and O–H groups in total. The van der Waals surface area contributed by atoms with Crippen LogP contribution in [0.3, 0.4) is 0 Å². The molecule has 2 amide bonds. The van der Waals surface area contributed by atoms with Crippen molar-refractivity contribution in [2.75, 3.05) is 32.7 Å². The molecular formula is C19H27N3O2. The van der Waals surface area contributed by atoms with Crippen LogP contribution in [0.25, 0.3) is 0 Å². The van der Waals surface area contributed by atoms with Gasteiger partial charge in [0.25, 0.3) is 0 Å². The van der Waals surface area contributed by atoms with E-state index in [1.807, 2.05) is 11.0 Å². The second kappa shape index (κ2) is 6.93. The van der Waals surface area contributed by atoms with Crippen molar-refractivity contribution >= 4 is 11.8 Å². The summed E-state index contributed by atoms with van der Waals surface area (Å²) >= 11 is 0. The zero-order valence-corrected chi connectivity index (χ0v) is 14.6. The quantitative estimate of drug-likeness (QED) is 0.906. The van der Waals surface area contributed by atoms with Crippen LogP contribution in [0.4, 0.5) is 0 Å². The van der Waals surface area contributed by atoms with Gasteiger partial charge in [0.15, 0.2) is 0 Å². The van der Waals surface area contributed by atoms with Gasteiger partial charge in [-0.3, -0.25) is 9.59 Å². The lowest BCUT2D eigenvalue weighted by atomic mass is 9.80. The summed E-state index contributed by atoms with van der Waals surface area (Å²) < 4.78 is 0. The highest BCUT2D eigenvalue weighted by Gasteiger charge is 2.50. The molecule has 0 saturated carbocycles. The predicted octanol–water partition coefficient (Wildman–Crippen LogP) is 1.29. The monoisotopic (exact) mass is 329 g/mol. The average Bonchev–Trinajstić information content (AvgIpc) is 2.91. The number of likely N-dealkylation sites (tertiary alicyclic amines) is 2. The van der Waals surface area contributed by atoms with E-state index >= 15 is 0 Å². The number of carbonyl (C=O) groups excluding carboxylic acids is 2. The van der Waals surface area contributed by atoms with Crippen molar-refractivity contribution in [2.45, 2.75) is 32.2 Å². The fourth-order valence-electron chi connectivity index (χ4n) is 4.23. The van der Waals surface area contributed by atoms with Crippen LogP contribution in [0.15, 0.2) is 30.3 Å². The number of piperidine rings is 1. The zero-order chi connectivity index (χ0) is 17.2. The summed E-state index contributed by atoms with van der Waals surface area (Å²) in [5.41, 5.74) is 1.05. The van der Waals surface area contributed by atoms with Crippen molar-refractivity contribution in [3.8, 4) is 0 Å². The van der Waals surface area contributed by atoms with Gasteiger partial charge in [0, 0.05) is 45.9 Å². The molecule has 0 aliphatic carbocycles. The molecule has 3 rings (SSSR count). The Morgan fingerprint density at radius 2 is 1.96 bits per heavy atom. The molecule has 0 bridgehead atoms. The summed E-state index contributed by atoms with van der Waals surface area (Å²) in [4.78, 5) is 27.9. The van der Waals surface area contributed by atoms with Gasteiger partial charge >= 0.3 is 0 Å². The van der Waals surface area contributed by atoms with E-state index in [-0.39, 0.29) is 17.4 Å². The molecule has 2 atom stereocenters. The van der Waals surface area contributed by atoms with Crippen molar-refractivity contribution in [1.29, 1.82) is 0 Å². The first-order chi connectivity index (χ1) is 11.5. The Morgan fingerprint density at radius 1 is 1.21 bits per heavy atom. The molecule has 2 fully saturated rings. The van der Waals surface area contributed by atoms with E-state index in [1.165, 1.54) is 5.56 Å². The first-order valence-electron chi connectivity index (χ1n) is 8.79. The first-order valence-corrected chi connectivity index (χ1v) is 8.79. The fourth-order valence-corrected chi connectivity index (χ4v) is 4.23. The van der Waals surface area contributed by atoms with Crippen LogP contribution < -0.4 is 5.32 Å². The second-order valence-corrected chi connectivity index (χ2v) is 7.23. The molecule has 1 aromatic rings. The van der Waals surface area contributed by atoms with Crippen molar-refractivity contribution in [2.24, 2.45) is 5.92 Å². The van der Waals surface area contributed by atoms with Crippen molar-refractivity contribution in [1.82, 2.24) is 15.1 Å². The molecule has 2 heterocycles. The van der Waals surface area contributed by atoms with Gasteiger partial charge in [0.2, 0.25) is 11.8 Å². The van der Waals surface area contributed by atoms with Gasteiger partial charge in [-0.2, -0.15) is 0 Å². The predicted molar refractivity (Wildman–Crippen MR) is 93.5 cm³/mol. The molecule has 1 aromatic carbocycles. The fraction of sp³-hybridized carbons (Fsp3) is 0.579. The number of amides is 2. The van der Waals surface area contributed by atoms with Crippen LogP contribution in [0.1, 0.15) is 25.8 Å². The van der Waals surface area contributed by atoms with Gasteiger partial charge < -0.3 is 15.1 Å². The number of fused-ring (bicyclic) bond motifs is 1. The minimum absolute atomic E-state index is 0.00434. The van der Waals surface area contributed by atoms with Crippen LogP contribution in [0, 0.1) is 5.92 Å². The summed E-state index contributed by atoms with van der Waals surface area (Å²) in [5.74, 6) is 0.457. The topological polar surface area (TPSA) is 52.7 Å². The number of nitrogens with zero attached hydrogens (tertiary/aromatic N) is 2. The lowest BCUT2D eigenvalue weighted by Gasteiger charge is -2.44. The maximum absolute atomic E-state index is 11.8. The third-order valence-corrected chi connectivity index (χ3v) is 5.42. The minimum atomic E-state index is -0.285. The normalized spacial score (nSPS) is 26.9. The van der Waals surface area contributed by atoms with E-state index in [9.17, 15) is 9.59 Å². The van der Waals surface area contributed by atoms with Crippen molar-refractivity contribution < 1.29 is 9.59 Å². The SMILES string of the molecule is CC(=O)N[C@@]12CN(CCc3ccccc3)CC[C@@H]1CN(C(C)=O)C2. The van der Waals surface area contributed by atoms with Gasteiger partial charge in [-0.1, -0.05) is 30.3 Å². The number of hydrogen-bond donors (Lipinski definition) is 1. The minimum Gasteiger partial charge on any atom is -0.347 e. The third-order valence-electron chi connectivity index (χ3n) is 5.42. The van der Waals surface area contributed by atoms with Gasteiger partial charge in [0.05, 0.1) is 5.54 Å². The average molecular weight is 329 g/mol. The molecule has 5 heteroatoms. The molecule has 0 unspecified atom stereocenters. The Hall–Kier alpha value is -1.88. The Balaban J connectivity index is 1.68. The lowest BCUT2D eigenvalue weighted by molar-refractivity contribution is -0.128. The Bertz CT molecular complexity index is 604. The van der Waals surface area contributed by atoms with E-state index < -0.39 is 0 Å². The van der Waals surface area contributed by atoms with E-state index in [0.29, 0.717) is 12.5 Å². The van der Waals surface area contributed by atoms with E-state index in [0.717, 1.165) is 39.0 Å². The van der Waals surface area contributed by atoms with Crippen molar-refractivity contribution in [3.63, 3.8) is 0 Å². The van der Waals surface area contributed by atoms with Crippen LogP contribution in [-0.4, -0.2) is 59.9 Å². The molecule has 0 spiro atoms. The summed E-state index contributed by atoms with van der Waals surface area (Å²) in [6.45, 7) is 7.43. The van der Waals surface area contributed by atoms with E-state index in [4.69, 9.17) is 0 Å². The van der Waals surface area contributed by atoms with Gasteiger partial charge in [0.1, 0.15) is 0 Å². The standard InChI is InChI=1S/C19H27N3O2/c1-15(23)20-19-13-21(10-8-17-6-4-3-5-7-17)11-9-18(19)12-22(14-19)16(2)24/h3-7,18H,8-14H2,1-2H3,(H,20,23)/t18-,19-/m1/s1. The van der Waals surface area contributed by atoms with Crippen LogP contribution in [0.5, 0.6) is 0 Å². The molecule has 5 nitrogen and oxygen atoms in total. The van der Waals surface area contributed by atoms with Crippen molar-refractivity contribution in [3.05, 3.63) is 35.9 Å². The molecule has 2 aliphatic rings. The zero-order valence-electron chi connectivity index (χ0n) is 14.6. The molecule has 130 valence electrons. The molecule has 24 heavy (non-hydrogen) atoms. The van der Waals surface area contributed by atoms with Gasteiger partial charge in [-0.25, -0.2) is 0 Å². The first kappa shape index (κ1) is 17.0. The number of rotatable bonds is 4. The molecular weight excluding hydrogens is 302 g/mol. The maximum Gasteiger partial charge on any atom is 0.219 e. The maximum atomic E-state index is 11.8. The van der Waals surface area contributed by atoms with E-state index in [2.05, 4.69) is 34.5 Å². The van der Waals surface area contributed by atoms with E-state index in [1.54, 1.807) is 13.8 Å². The summed E-state index contributed by atoms with van der Waals surface area (Å²) in [5, 5.41) is 3.20. The Morgan fingerprint density at radius 3 is 2.62 bits per heavy atom. The third kappa shape index (κ3) is 3.61. The number of hydrogen-bond acceptors (Lipinski definition) is 3. The summed E-state index contributed by atoms with van der Waals surface area (Å²) in [7, 11) is 0. The summed E-state index contributed by atoms with van der Waals surface area (Å²) in [6.07, 6.45) is 2.04. The smallest absolute Gasteiger partial charge is 0.219 e. The Labute approximate surface area is 144 Å². The molecule has 2 aliphatic heterocycles. The van der Waals surface area contributed by atoms with Gasteiger partial charge in [-0.05, 0) is 24.9 Å². The highest BCUT2D eigenvalue weighted by molar-refractivity contribution is 5.76. The summed E-state index contributed by atoms with van der Waals surface area (Å²) in [6, 6.07) is 10.5. The Kier molecular flexibility index (Phi) is 4.90. The largest absolute Gasteiger partial charge is 0.347 e.